The van der Waals surface area contributed by atoms with Gasteiger partial charge in [-0.1, -0.05) is 97.1 Å². The summed E-state index contributed by atoms with van der Waals surface area (Å²) in [5.74, 6) is 0. The lowest BCUT2D eigenvalue weighted by atomic mass is 9.99. The second kappa shape index (κ2) is 9.71. The van der Waals surface area contributed by atoms with Crippen LogP contribution in [0.3, 0.4) is 0 Å². The molecule has 10 rings (SSSR count). The summed E-state index contributed by atoms with van der Waals surface area (Å²) < 4.78 is 10.9. The predicted molar refractivity (Wildman–Crippen MR) is 193 cm³/mol. The van der Waals surface area contributed by atoms with Crippen LogP contribution in [-0.2, 0) is 0 Å². The van der Waals surface area contributed by atoms with Crippen LogP contribution in [0, 0.1) is 11.3 Å². The smallest absolute Gasteiger partial charge is 0.136 e. The second-order valence-corrected chi connectivity index (χ2v) is 12.0. The Labute approximate surface area is 269 Å². The molecule has 0 amide bonds. The van der Waals surface area contributed by atoms with E-state index in [1.807, 2.05) is 24.3 Å². The van der Waals surface area contributed by atoms with Crippen molar-refractivity contribution in [2.75, 3.05) is 0 Å². The molecule has 0 aliphatic carbocycles. The Bertz CT molecular complexity index is 2880. The lowest BCUT2D eigenvalue weighted by Crippen LogP contribution is -2.01. The molecular weight excluding hydrogens is 574 g/mol. The van der Waals surface area contributed by atoms with Crippen molar-refractivity contribution < 1.29 is 4.42 Å². The average molecular weight is 600 g/mol. The molecule has 0 saturated carbocycles. The first-order valence-corrected chi connectivity index (χ1v) is 15.8. The van der Waals surface area contributed by atoms with Crippen molar-refractivity contribution in [3.05, 3.63) is 157 Å². The van der Waals surface area contributed by atoms with Crippen LogP contribution in [0.4, 0.5) is 0 Å². The fourth-order valence-corrected chi connectivity index (χ4v) is 7.64. The summed E-state index contributed by atoms with van der Waals surface area (Å²) in [6, 6.07) is 55.3. The third-order valence-electron chi connectivity index (χ3n) is 9.55. The highest BCUT2D eigenvalue weighted by Gasteiger charge is 2.22. The van der Waals surface area contributed by atoms with Crippen LogP contribution in [-0.4, -0.2) is 9.13 Å². The number of benzene rings is 7. The van der Waals surface area contributed by atoms with Crippen molar-refractivity contribution in [1.29, 1.82) is 5.26 Å². The van der Waals surface area contributed by atoms with E-state index in [9.17, 15) is 5.26 Å². The van der Waals surface area contributed by atoms with Crippen LogP contribution < -0.4 is 0 Å². The maximum Gasteiger partial charge on any atom is 0.136 e. The Kier molecular flexibility index (Phi) is 5.32. The van der Waals surface area contributed by atoms with Gasteiger partial charge in [0, 0.05) is 43.6 Å². The van der Waals surface area contributed by atoms with Gasteiger partial charge in [-0.2, -0.15) is 5.26 Å². The van der Waals surface area contributed by atoms with Gasteiger partial charge in [0.25, 0.3) is 0 Å². The first-order valence-electron chi connectivity index (χ1n) is 15.8. The lowest BCUT2D eigenvalue weighted by molar-refractivity contribution is 0.669. The molecule has 0 fully saturated rings. The van der Waals surface area contributed by atoms with Gasteiger partial charge in [0.05, 0.1) is 33.3 Å². The van der Waals surface area contributed by atoms with Gasteiger partial charge in [0.2, 0.25) is 0 Å². The van der Waals surface area contributed by atoms with Gasteiger partial charge in [-0.25, -0.2) is 0 Å². The first kappa shape index (κ1) is 25.7. The molecular formula is C43H25N3O. The molecule has 0 atom stereocenters. The van der Waals surface area contributed by atoms with Crippen LogP contribution in [0.15, 0.2) is 156 Å². The Morgan fingerprint density at radius 3 is 1.85 bits per heavy atom. The third kappa shape index (κ3) is 3.57. The van der Waals surface area contributed by atoms with Crippen molar-refractivity contribution in [3.8, 4) is 28.6 Å². The number of nitrogens with zero attached hydrogens (tertiary/aromatic N) is 3. The van der Waals surface area contributed by atoms with Crippen LogP contribution in [0.5, 0.6) is 0 Å². The Balaban J connectivity index is 1.28. The summed E-state index contributed by atoms with van der Waals surface area (Å²) in [4.78, 5) is 0. The van der Waals surface area contributed by atoms with Crippen molar-refractivity contribution in [3.63, 3.8) is 0 Å². The summed E-state index contributed by atoms with van der Waals surface area (Å²) in [6.07, 6.45) is 0. The summed E-state index contributed by atoms with van der Waals surface area (Å²) >= 11 is 0. The maximum absolute atomic E-state index is 10.6. The Hall–Kier alpha value is -6.57. The van der Waals surface area contributed by atoms with Gasteiger partial charge in [0.1, 0.15) is 17.2 Å². The predicted octanol–water partition coefficient (Wildman–Crippen LogP) is 11.3. The normalized spacial score (nSPS) is 11.8. The molecule has 3 aromatic heterocycles. The van der Waals surface area contributed by atoms with Gasteiger partial charge in [-0.05, 0) is 60.2 Å². The van der Waals surface area contributed by atoms with Crippen molar-refractivity contribution >= 4 is 65.6 Å². The van der Waals surface area contributed by atoms with Gasteiger partial charge in [-0.15, -0.1) is 0 Å². The molecule has 4 heteroatoms. The summed E-state index contributed by atoms with van der Waals surface area (Å²) in [6.45, 7) is 0. The highest BCUT2D eigenvalue weighted by Crippen LogP contribution is 2.43. The van der Waals surface area contributed by atoms with Crippen molar-refractivity contribution in [2.45, 2.75) is 0 Å². The molecule has 0 spiro atoms. The lowest BCUT2D eigenvalue weighted by Gasteiger charge is -2.17. The minimum atomic E-state index is 0.615. The summed E-state index contributed by atoms with van der Waals surface area (Å²) in [5.41, 5.74) is 10.7. The average Bonchev–Trinajstić information content (AvgIpc) is 3.79. The topological polar surface area (TPSA) is 46.8 Å². The molecule has 0 N–H and O–H groups in total. The molecule has 7 aromatic carbocycles. The standard InChI is InChI=1S/C43H25N3O/c44-26-28-12-10-18-30(27-11-9-13-29(25-27)45-35-19-5-1-14-31(35)32-15-2-6-20-36(32)45)43(28)46-37-21-7-3-16-33(37)41-38(46)23-24-40-42(41)34-17-4-8-22-39(34)47-40/h1-25H. The zero-order valence-corrected chi connectivity index (χ0v) is 25.2. The number of para-hydroxylation sites is 5. The minimum Gasteiger partial charge on any atom is -0.456 e. The minimum absolute atomic E-state index is 0.615. The number of furan rings is 1. The van der Waals surface area contributed by atoms with Gasteiger partial charge >= 0.3 is 0 Å². The number of hydrogen-bond acceptors (Lipinski definition) is 2. The maximum atomic E-state index is 10.6. The molecule has 47 heavy (non-hydrogen) atoms. The number of hydrogen-bond donors (Lipinski definition) is 0. The first-order chi connectivity index (χ1) is 23.3. The van der Waals surface area contributed by atoms with Crippen LogP contribution in [0.25, 0.3) is 88.1 Å². The Morgan fingerprint density at radius 2 is 1.11 bits per heavy atom. The van der Waals surface area contributed by atoms with E-state index in [0.717, 1.165) is 77.3 Å². The largest absolute Gasteiger partial charge is 0.456 e. The third-order valence-corrected chi connectivity index (χ3v) is 9.55. The molecule has 0 radical (unpaired) electrons. The van der Waals surface area contributed by atoms with Gasteiger partial charge < -0.3 is 13.6 Å². The number of rotatable bonds is 3. The highest BCUT2D eigenvalue weighted by atomic mass is 16.3. The van der Waals surface area contributed by atoms with Crippen LogP contribution >= 0.6 is 0 Å². The van der Waals surface area contributed by atoms with E-state index in [0.29, 0.717) is 5.56 Å². The SMILES string of the molecule is N#Cc1cccc(-c2cccc(-n3c4ccccc4c4ccccc43)c2)c1-n1c2ccccc2c2c3c(ccc21)oc1ccccc13. The molecule has 0 aliphatic rings. The van der Waals surface area contributed by atoms with E-state index in [1.54, 1.807) is 0 Å². The van der Waals surface area contributed by atoms with Gasteiger partial charge in [0.15, 0.2) is 0 Å². The zero-order valence-electron chi connectivity index (χ0n) is 25.2. The van der Waals surface area contributed by atoms with E-state index in [4.69, 9.17) is 4.42 Å². The van der Waals surface area contributed by atoms with Crippen LogP contribution in [0.1, 0.15) is 5.56 Å². The molecule has 0 bridgehead atoms. The monoisotopic (exact) mass is 599 g/mol. The van der Waals surface area contributed by atoms with E-state index in [1.165, 1.54) is 10.8 Å². The van der Waals surface area contributed by atoms with E-state index >= 15 is 0 Å². The molecule has 3 heterocycles. The molecule has 4 nitrogen and oxygen atoms in total. The zero-order chi connectivity index (χ0) is 31.1. The molecule has 218 valence electrons. The molecule has 0 unspecified atom stereocenters. The summed E-state index contributed by atoms with van der Waals surface area (Å²) in [7, 11) is 0. The van der Waals surface area contributed by atoms with E-state index < -0.39 is 0 Å². The highest BCUT2D eigenvalue weighted by molar-refractivity contribution is 6.27. The van der Waals surface area contributed by atoms with E-state index in [-0.39, 0.29) is 0 Å². The number of aromatic nitrogens is 2. The van der Waals surface area contributed by atoms with Gasteiger partial charge in [-0.3, -0.25) is 0 Å². The van der Waals surface area contributed by atoms with Crippen LogP contribution in [0.2, 0.25) is 0 Å². The molecule has 0 saturated heterocycles. The number of fused-ring (bicyclic) bond motifs is 10. The molecule has 0 aliphatic heterocycles. The fourth-order valence-electron chi connectivity index (χ4n) is 7.64. The van der Waals surface area contributed by atoms with E-state index in [2.05, 4.69) is 143 Å². The van der Waals surface area contributed by atoms with Crippen molar-refractivity contribution in [2.24, 2.45) is 0 Å². The second-order valence-electron chi connectivity index (χ2n) is 12.0. The Morgan fingerprint density at radius 1 is 0.468 bits per heavy atom. The summed E-state index contributed by atoms with van der Waals surface area (Å²) in [5, 5.41) is 17.5. The fraction of sp³-hybridized carbons (Fsp3) is 0. The quantitative estimate of drug-likeness (QED) is 0.203. The van der Waals surface area contributed by atoms with Crippen molar-refractivity contribution in [1.82, 2.24) is 9.13 Å². The number of nitriles is 1. The molecule has 10 aromatic rings.